The van der Waals surface area contributed by atoms with Crippen molar-refractivity contribution >= 4 is 23.1 Å². The fourth-order valence-corrected chi connectivity index (χ4v) is 2.23. The number of carbonyl (C=O) groups excluding carboxylic acids is 1. The maximum atomic E-state index is 11.7. The third-order valence-electron chi connectivity index (χ3n) is 2.67. The Morgan fingerprint density at radius 3 is 2.88 bits per heavy atom. The Morgan fingerprint density at radius 1 is 1.53 bits per heavy atom. The summed E-state index contributed by atoms with van der Waals surface area (Å²) in [6.45, 7) is 3.41. The monoisotopic (exact) mass is 247 g/mol. The number of rotatable bonds is 2. The fourth-order valence-electron chi connectivity index (χ4n) is 1.96. The molecule has 1 aromatic heterocycles. The van der Waals surface area contributed by atoms with Crippen molar-refractivity contribution in [3.05, 3.63) is 41.4 Å². The van der Waals surface area contributed by atoms with Crippen LogP contribution in [0.15, 0.2) is 35.8 Å². The first kappa shape index (κ1) is 11.7. The Labute approximate surface area is 105 Å². The van der Waals surface area contributed by atoms with E-state index in [0.717, 1.165) is 11.3 Å². The number of hydrogen-bond acceptors (Lipinski definition) is 3. The van der Waals surface area contributed by atoms with Gasteiger partial charge in [0.1, 0.15) is 0 Å². The number of thiocarbonyl (C=S) groups is 1. The molecule has 0 aliphatic carbocycles. The third kappa shape index (κ3) is 2.34. The molecular weight excluding hydrogens is 234 g/mol. The highest BCUT2D eigenvalue weighted by atomic mass is 32.1. The topological polar surface area (TPSA) is 54.0 Å². The van der Waals surface area contributed by atoms with Crippen LogP contribution in [0, 0.1) is 0 Å². The van der Waals surface area contributed by atoms with Gasteiger partial charge in [-0.25, -0.2) is 0 Å². The normalized spacial score (nSPS) is 19.6. The number of nitrogens with zero attached hydrogens (tertiary/aromatic N) is 1. The molecule has 17 heavy (non-hydrogen) atoms. The second-order valence-electron chi connectivity index (χ2n) is 3.91. The highest BCUT2D eigenvalue weighted by Gasteiger charge is 2.27. The van der Waals surface area contributed by atoms with Crippen LogP contribution < -0.4 is 10.6 Å². The summed E-state index contributed by atoms with van der Waals surface area (Å²) in [5, 5.41) is 6.59. The molecule has 88 valence electrons. The minimum Gasteiger partial charge on any atom is -0.351 e. The summed E-state index contributed by atoms with van der Waals surface area (Å²) < 4.78 is 0. The minimum atomic E-state index is -0.213. The summed E-state index contributed by atoms with van der Waals surface area (Å²) in [6.07, 6.45) is 3.44. The van der Waals surface area contributed by atoms with Gasteiger partial charge in [-0.2, -0.15) is 0 Å². The van der Waals surface area contributed by atoms with Gasteiger partial charge in [-0.05, 0) is 37.7 Å². The molecule has 0 radical (unpaired) electrons. The van der Waals surface area contributed by atoms with Crippen molar-refractivity contribution in [2.75, 3.05) is 0 Å². The second-order valence-corrected chi connectivity index (χ2v) is 4.32. The molecule has 0 saturated heterocycles. The van der Waals surface area contributed by atoms with Crippen LogP contribution in [0.3, 0.4) is 0 Å². The van der Waals surface area contributed by atoms with Gasteiger partial charge in [0.2, 0.25) is 0 Å². The van der Waals surface area contributed by atoms with Crippen LogP contribution in [0.2, 0.25) is 0 Å². The van der Waals surface area contributed by atoms with Gasteiger partial charge < -0.3 is 10.6 Å². The lowest BCUT2D eigenvalue weighted by molar-refractivity contribution is -0.114. The number of aromatic nitrogens is 1. The lowest BCUT2D eigenvalue weighted by Crippen LogP contribution is -2.44. The summed E-state index contributed by atoms with van der Waals surface area (Å²) in [4.78, 5) is 15.8. The van der Waals surface area contributed by atoms with E-state index in [0.29, 0.717) is 10.7 Å². The first-order valence-corrected chi connectivity index (χ1v) is 5.69. The molecule has 0 spiro atoms. The molecule has 1 aliphatic rings. The number of hydrogen-bond donors (Lipinski definition) is 2. The molecule has 0 saturated carbocycles. The second kappa shape index (κ2) is 4.63. The molecule has 0 aromatic carbocycles. The number of nitrogens with one attached hydrogen (secondary N) is 2. The standard InChI is InChI=1S/C12H13N3OS/c1-7-10(8(2)16)11(15-12(17)14-7)9-4-3-5-13-6-9/h3-6,11H,1-2H3,(H2,14,15,17). The van der Waals surface area contributed by atoms with E-state index in [1.54, 1.807) is 19.3 Å². The molecular formula is C12H13N3OS. The molecule has 2 N–H and O–H groups in total. The minimum absolute atomic E-state index is 0.0267. The van der Waals surface area contributed by atoms with E-state index in [1.165, 1.54) is 0 Å². The SMILES string of the molecule is CC(=O)C1=C(C)NC(=S)NC1c1cccnc1. The predicted molar refractivity (Wildman–Crippen MR) is 69.2 cm³/mol. The van der Waals surface area contributed by atoms with Crippen LogP contribution in [-0.2, 0) is 4.79 Å². The van der Waals surface area contributed by atoms with Crippen molar-refractivity contribution in [1.82, 2.24) is 15.6 Å². The summed E-state index contributed by atoms with van der Waals surface area (Å²) >= 11 is 5.11. The third-order valence-corrected chi connectivity index (χ3v) is 2.89. The molecule has 1 aromatic rings. The molecule has 0 amide bonds. The summed E-state index contributed by atoms with van der Waals surface area (Å²) in [6, 6.07) is 3.55. The summed E-state index contributed by atoms with van der Waals surface area (Å²) in [5.74, 6) is 0.0267. The maximum absolute atomic E-state index is 11.7. The Balaban J connectivity index is 2.47. The fraction of sp³-hybridized carbons (Fsp3) is 0.250. The zero-order valence-corrected chi connectivity index (χ0v) is 10.5. The van der Waals surface area contributed by atoms with Crippen molar-refractivity contribution in [2.45, 2.75) is 19.9 Å². The van der Waals surface area contributed by atoms with Gasteiger partial charge in [-0.1, -0.05) is 6.07 Å². The van der Waals surface area contributed by atoms with Crippen molar-refractivity contribution in [2.24, 2.45) is 0 Å². The average molecular weight is 247 g/mol. The number of Topliss-reactive ketones (excluding diaryl/α,β-unsaturated/α-hetero) is 1. The Bertz CT molecular complexity index is 496. The average Bonchev–Trinajstić information content (AvgIpc) is 2.28. The van der Waals surface area contributed by atoms with Crippen LogP contribution in [0.4, 0.5) is 0 Å². The molecule has 1 atom stereocenters. The quantitative estimate of drug-likeness (QED) is 0.775. The molecule has 5 heteroatoms. The van der Waals surface area contributed by atoms with E-state index in [9.17, 15) is 4.79 Å². The van der Waals surface area contributed by atoms with Gasteiger partial charge in [0.05, 0.1) is 6.04 Å². The first-order chi connectivity index (χ1) is 8.09. The van der Waals surface area contributed by atoms with Crippen LogP contribution in [-0.4, -0.2) is 15.9 Å². The van der Waals surface area contributed by atoms with Gasteiger partial charge in [-0.3, -0.25) is 9.78 Å². The van der Waals surface area contributed by atoms with Gasteiger partial charge in [-0.15, -0.1) is 0 Å². The molecule has 2 rings (SSSR count). The Hall–Kier alpha value is -1.75. The number of ketones is 1. The van der Waals surface area contributed by atoms with E-state index >= 15 is 0 Å². The zero-order chi connectivity index (χ0) is 12.4. The van der Waals surface area contributed by atoms with Crippen molar-refractivity contribution in [3.8, 4) is 0 Å². The lowest BCUT2D eigenvalue weighted by atomic mass is 9.94. The van der Waals surface area contributed by atoms with Gasteiger partial charge in [0, 0.05) is 23.7 Å². The molecule has 0 bridgehead atoms. The van der Waals surface area contributed by atoms with Crippen LogP contribution in [0.5, 0.6) is 0 Å². The van der Waals surface area contributed by atoms with E-state index in [-0.39, 0.29) is 11.8 Å². The zero-order valence-electron chi connectivity index (χ0n) is 9.65. The molecule has 1 unspecified atom stereocenters. The van der Waals surface area contributed by atoms with Gasteiger partial charge >= 0.3 is 0 Å². The number of carbonyl (C=O) groups is 1. The van der Waals surface area contributed by atoms with Crippen molar-refractivity contribution < 1.29 is 4.79 Å². The van der Waals surface area contributed by atoms with Crippen LogP contribution in [0.1, 0.15) is 25.5 Å². The van der Waals surface area contributed by atoms with Crippen LogP contribution >= 0.6 is 12.2 Å². The lowest BCUT2D eigenvalue weighted by Gasteiger charge is -2.29. The van der Waals surface area contributed by atoms with Crippen LogP contribution in [0.25, 0.3) is 0 Å². The number of pyridine rings is 1. The van der Waals surface area contributed by atoms with E-state index in [4.69, 9.17) is 12.2 Å². The molecule has 4 nitrogen and oxygen atoms in total. The maximum Gasteiger partial charge on any atom is 0.171 e. The van der Waals surface area contributed by atoms with Crippen molar-refractivity contribution in [3.63, 3.8) is 0 Å². The van der Waals surface area contributed by atoms with E-state index in [2.05, 4.69) is 15.6 Å². The smallest absolute Gasteiger partial charge is 0.171 e. The highest BCUT2D eigenvalue weighted by Crippen LogP contribution is 2.26. The predicted octanol–water partition coefficient (Wildman–Crippen LogP) is 1.46. The Morgan fingerprint density at radius 2 is 2.29 bits per heavy atom. The Kier molecular flexibility index (Phi) is 3.19. The van der Waals surface area contributed by atoms with Gasteiger partial charge in [0.25, 0.3) is 0 Å². The first-order valence-electron chi connectivity index (χ1n) is 5.28. The number of allylic oxidation sites excluding steroid dienone is 1. The van der Waals surface area contributed by atoms with E-state index < -0.39 is 0 Å². The van der Waals surface area contributed by atoms with Crippen molar-refractivity contribution in [1.29, 1.82) is 0 Å². The summed E-state index contributed by atoms with van der Waals surface area (Å²) in [5.41, 5.74) is 2.43. The highest BCUT2D eigenvalue weighted by molar-refractivity contribution is 7.80. The summed E-state index contributed by atoms with van der Waals surface area (Å²) in [7, 11) is 0. The van der Waals surface area contributed by atoms with Gasteiger partial charge in [0.15, 0.2) is 10.9 Å². The molecule has 2 heterocycles. The molecule has 1 aliphatic heterocycles. The molecule has 0 fully saturated rings. The van der Waals surface area contributed by atoms with E-state index in [1.807, 2.05) is 19.1 Å². The largest absolute Gasteiger partial charge is 0.351 e.